The molecule has 0 heterocycles. The van der Waals surface area contributed by atoms with Gasteiger partial charge < -0.3 is 0 Å². The Hall–Kier alpha value is 0. The Morgan fingerprint density at radius 2 is 1.26 bits per heavy atom. The Morgan fingerprint density at radius 3 is 1.74 bits per heavy atom. The van der Waals surface area contributed by atoms with Crippen molar-refractivity contribution in [1.29, 1.82) is 0 Å². The van der Waals surface area contributed by atoms with Crippen LogP contribution < -0.4 is 0 Å². The molecule has 9 aliphatic carbocycles. The van der Waals surface area contributed by atoms with Gasteiger partial charge in [-0.05, 0) is 134 Å². The average Bonchev–Trinajstić information content (AvgIpc) is 3.51. The average molecular weight is 475 g/mol. The lowest BCUT2D eigenvalue weighted by molar-refractivity contribution is 0.00442. The maximum absolute atomic E-state index is 2.77. The Balaban J connectivity index is 0.974. The topological polar surface area (TPSA) is 0 Å². The number of fused-ring (bicyclic) bond motifs is 6. The van der Waals surface area contributed by atoms with Gasteiger partial charge in [0, 0.05) is 0 Å². The minimum atomic E-state index is 0.470. The molecule has 0 bridgehead atoms. The first-order chi connectivity index (χ1) is 16.2. The van der Waals surface area contributed by atoms with Gasteiger partial charge in [0.2, 0.25) is 0 Å². The maximum atomic E-state index is 2.77. The molecule has 0 aromatic heterocycles. The number of rotatable bonds is 3. The largest absolute Gasteiger partial charge is 0.0619 e. The van der Waals surface area contributed by atoms with Crippen LogP contribution in [0.1, 0.15) is 95.9 Å². The second-order valence-electron chi connectivity index (χ2n) is 18.3. The van der Waals surface area contributed by atoms with Crippen LogP contribution in [0.3, 0.4) is 0 Å². The van der Waals surface area contributed by atoms with Crippen molar-refractivity contribution in [2.75, 3.05) is 0 Å². The zero-order valence-corrected chi connectivity index (χ0v) is 25.0. The lowest BCUT2D eigenvalue weighted by atomic mass is 9.57. The van der Waals surface area contributed by atoms with Crippen LogP contribution in [-0.2, 0) is 0 Å². The van der Waals surface area contributed by atoms with Gasteiger partial charge >= 0.3 is 0 Å². The van der Waals surface area contributed by atoms with Crippen molar-refractivity contribution in [1.82, 2.24) is 0 Å². The summed E-state index contributed by atoms with van der Waals surface area (Å²) in [6.07, 6.45) is 3.26. The Morgan fingerprint density at radius 1 is 0.629 bits per heavy atom. The number of hydrogen-bond donors (Lipinski definition) is 0. The minimum absolute atomic E-state index is 0.470. The van der Waals surface area contributed by atoms with E-state index < -0.39 is 0 Å². The summed E-state index contributed by atoms with van der Waals surface area (Å²) in [6, 6.07) is 0. The van der Waals surface area contributed by atoms with Crippen LogP contribution >= 0.6 is 0 Å². The van der Waals surface area contributed by atoms with E-state index in [-0.39, 0.29) is 0 Å². The summed E-state index contributed by atoms with van der Waals surface area (Å²) < 4.78 is 0. The summed E-state index contributed by atoms with van der Waals surface area (Å²) in [5.41, 5.74) is 5.23. The van der Waals surface area contributed by atoms with E-state index in [1.54, 1.807) is 12.8 Å². The van der Waals surface area contributed by atoms with Crippen molar-refractivity contribution in [3.8, 4) is 0 Å². The van der Waals surface area contributed by atoms with Crippen LogP contribution in [0, 0.1) is 121 Å². The van der Waals surface area contributed by atoms with E-state index in [2.05, 4.69) is 83.1 Å². The van der Waals surface area contributed by atoms with Crippen molar-refractivity contribution in [2.45, 2.75) is 95.9 Å². The predicted molar refractivity (Wildman–Crippen MR) is 143 cm³/mol. The fraction of sp³-hybridized carbons (Fsp3) is 1.00. The molecule has 0 N–H and O–H groups in total. The predicted octanol–water partition coefficient (Wildman–Crippen LogP) is 8.66. The monoisotopic (exact) mass is 474 g/mol. The van der Waals surface area contributed by atoms with Gasteiger partial charge in [0.25, 0.3) is 0 Å². The smallest absolute Gasteiger partial charge is 0.0102 e. The summed E-state index contributed by atoms with van der Waals surface area (Å²) in [6.45, 7) is 31.5. The van der Waals surface area contributed by atoms with Gasteiger partial charge in [-0.3, -0.25) is 0 Å². The van der Waals surface area contributed by atoms with Gasteiger partial charge in [-0.25, -0.2) is 0 Å². The second-order valence-corrected chi connectivity index (χ2v) is 18.3. The van der Waals surface area contributed by atoms with Crippen LogP contribution in [0.2, 0.25) is 0 Å². The van der Waals surface area contributed by atoms with Crippen molar-refractivity contribution >= 4 is 0 Å². The van der Waals surface area contributed by atoms with E-state index >= 15 is 0 Å². The van der Waals surface area contributed by atoms with Gasteiger partial charge in [-0.1, -0.05) is 83.1 Å². The number of hydrogen-bond acceptors (Lipinski definition) is 0. The first-order valence-electron chi connectivity index (χ1n) is 16.2. The van der Waals surface area contributed by atoms with E-state index in [4.69, 9.17) is 0 Å². The molecule has 0 aromatic rings. The molecule has 194 valence electrons. The van der Waals surface area contributed by atoms with Crippen molar-refractivity contribution in [3.63, 3.8) is 0 Å². The quantitative estimate of drug-likeness (QED) is 0.384. The van der Waals surface area contributed by atoms with Gasteiger partial charge in [-0.2, -0.15) is 0 Å². The van der Waals surface area contributed by atoms with E-state index in [1.165, 1.54) is 0 Å². The molecular weight excluding hydrogens is 420 g/mol. The molecule has 0 radical (unpaired) electrons. The Labute approximate surface area is 216 Å². The summed E-state index contributed by atoms with van der Waals surface area (Å²) in [5.74, 6) is 14.4. The van der Waals surface area contributed by atoms with E-state index in [0.29, 0.717) is 5.41 Å². The van der Waals surface area contributed by atoms with E-state index in [9.17, 15) is 0 Å². The fourth-order valence-electron chi connectivity index (χ4n) is 17.3. The molecule has 9 saturated carbocycles. The molecule has 35 heavy (non-hydrogen) atoms. The molecule has 5 spiro atoms. The zero-order chi connectivity index (χ0) is 25.0. The highest BCUT2D eigenvalue weighted by Crippen LogP contribution is 3.18. The molecule has 19 unspecified atom stereocenters. The molecule has 0 heteroatoms. The normalized spacial score (nSPS) is 78.3. The van der Waals surface area contributed by atoms with Crippen LogP contribution in [-0.4, -0.2) is 0 Å². The van der Waals surface area contributed by atoms with Crippen LogP contribution in [0.5, 0.6) is 0 Å². The molecule has 0 amide bonds. The first kappa shape index (κ1) is 21.9. The van der Waals surface area contributed by atoms with Crippen molar-refractivity contribution in [2.24, 2.45) is 121 Å². The van der Waals surface area contributed by atoms with Gasteiger partial charge in [-0.15, -0.1) is 0 Å². The van der Waals surface area contributed by atoms with Crippen LogP contribution in [0.25, 0.3) is 0 Å². The fourth-order valence-corrected chi connectivity index (χ4v) is 17.3. The van der Waals surface area contributed by atoms with E-state index in [1.807, 2.05) is 0 Å². The minimum Gasteiger partial charge on any atom is -0.0619 e. The molecule has 9 fully saturated rings. The molecular formula is C35H54. The van der Waals surface area contributed by atoms with Crippen molar-refractivity contribution in [3.05, 3.63) is 0 Å². The summed E-state index contributed by atoms with van der Waals surface area (Å²) in [4.78, 5) is 0. The standard InChI is InChI=1S/C35H54/c1-15-26(19(5)29(10,11)12)27(15)31-14-25(31)35(31)23(9)34(35)21(7)30(34)13-24(18(30)4)28-20(6)33(28)22(8)32(33)16(2)17(32)3/h15-28H,13-14H2,1-12H3. The molecule has 9 aliphatic rings. The van der Waals surface area contributed by atoms with Gasteiger partial charge in [0.05, 0.1) is 0 Å². The molecule has 9 rings (SSSR count). The van der Waals surface area contributed by atoms with E-state index in [0.717, 1.165) is 115 Å². The summed E-state index contributed by atoms with van der Waals surface area (Å²) in [7, 11) is 0. The summed E-state index contributed by atoms with van der Waals surface area (Å²) >= 11 is 0. The third-order valence-electron chi connectivity index (χ3n) is 18.8. The molecule has 0 aliphatic heterocycles. The summed E-state index contributed by atoms with van der Waals surface area (Å²) in [5, 5.41) is 0. The van der Waals surface area contributed by atoms with Crippen LogP contribution in [0.4, 0.5) is 0 Å². The van der Waals surface area contributed by atoms with Crippen molar-refractivity contribution < 1.29 is 0 Å². The third kappa shape index (κ3) is 1.51. The molecule has 0 saturated heterocycles. The lowest BCUT2D eigenvalue weighted by Crippen LogP contribution is -2.42. The second kappa shape index (κ2) is 5.01. The Bertz CT molecular complexity index is 1090. The highest BCUT2D eigenvalue weighted by Gasteiger charge is 3.15. The van der Waals surface area contributed by atoms with Crippen LogP contribution in [0.15, 0.2) is 0 Å². The SMILES string of the molecule is CC1C(C(C)C(C)(C)C)C1C12CC1C21C(C)C12C(C)C21CC(C2C(C)C23C(C)C32C(C)C2C)C1C. The van der Waals surface area contributed by atoms with Gasteiger partial charge in [0.15, 0.2) is 0 Å². The molecule has 0 aromatic carbocycles. The maximum Gasteiger partial charge on any atom is -0.0102 e. The third-order valence-corrected chi connectivity index (χ3v) is 18.8. The molecule has 0 nitrogen and oxygen atoms in total. The zero-order valence-electron chi connectivity index (χ0n) is 25.0. The van der Waals surface area contributed by atoms with Gasteiger partial charge in [0.1, 0.15) is 0 Å². The molecule has 19 atom stereocenters. The Kier molecular flexibility index (Phi) is 3.13. The highest BCUT2D eigenvalue weighted by molar-refractivity contribution is 5.61. The first-order valence-corrected chi connectivity index (χ1v) is 16.2. The highest BCUT2D eigenvalue weighted by atomic mass is 15.2. The lowest BCUT2D eigenvalue weighted by Gasteiger charge is -2.47.